The van der Waals surface area contributed by atoms with E-state index in [1.807, 2.05) is 60.7 Å². The second kappa shape index (κ2) is 11.6. The lowest BCUT2D eigenvalue weighted by Gasteiger charge is -2.12. The molecule has 0 aliphatic rings. The third-order valence-corrected chi connectivity index (χ3v) is 4.91. The fraction of sp³-hybridized carbons (Fsp3) is 0.231. The second-order valence-corrected chi connectivity index (χ2v) is 7.43. The third-order valence-electron chi connectivity index (χ3n) is 4.91. The number of hydrogen-bond donors (Lipinski definition) is 3. The van der Waals surface area contributed by atoms with Crippen molar-refractivity contribution in [1.82, 2.24) is 0 Å². The minimum absolute atomic E-state index is 0.0623. The summed E-state index contributed by atoms with van der Waals surface area (Å²) in [5.41, 5.74) is 3.58. The maximum Gasteiger partial charge on any atom is 0.257 e. The van der Waals surface area contributed by atoms with E-state index in [0.29, 0.717) is 23.4 Å². The number of hydrogen-bond acceptors (Lipinski definition) is 3. The summed E-state index contributed by atoms with van der Waals surface area (Å²) in [4.78, 5) is 25.1. The van der Waals surface area contributed by atoms with Crippen LogP contribution in [0.5, 0.6) is 0 Å². The van der Waals surface area contributed by atoms with E-state index in [4.69, 9.17) is 0 Å². The SMILES string of the molecule is CCCCCCC(=O)Nc1ccccc1C(=O)Nc1ccc(Nc2ccccc2)cc1. The molecule has 3 rings (SSSR count). The first-order valence-electron chi connectivity index (χ1n) is 10.8. The van der Waals surface area contributed by atoms with Crippen LogP contribution < -0.4 is 16.0 Å². The molecule has 3 aromatic carbocycles. The average Bonchev–Trinajstić information content (AvgIpc) is 2.79. The van der Waals surface area contributed by atoms with E-state index in [2.05, 4.69) is 22.9 Å². The molecule has 0 aliphatic heterocycles. The van der Waals surface area contributed by atoms with Crippen LogP contribution in [0.2, 0.25) is 0 Å². The van der Waals surface area contributed by atoms with E-state index < -0.39 is 0 Å². The molecule has 0 heterocycles. The van der Waals surface area contributed by atoms with Gasteiger partial charge in [-0.25, -0.2) is 0 Å². The van der Waals surface area contributed by atoms with Crippen LogP contribution in [0.1, 0.15) is 49.4 Å². The summed E-state index contributed by atoms with van der Waals surface area (Å²) in [5.74, 6) is -0.321. The van der Waals surface area contributed by atoms with Crippen molar-refractivity contribution in [2.45, 2.75) is 39.0 Å². The molecule has 0 aliphatic carbocycles. The number of carbonyl (C=O) groups excluding carboxylic acids is 2. The standard InChI is InChI=1S/C26H29N3O2/c1-2-3-4-8-15-25(30)29-24-14-10-9-13-23(24)26(31)28-22-18-16-21(17-19-22)27-20-11-6-5-7-12-20/h5-7,9-14,16-19,27H,2-4,8,15H2,1H3,(H,28,31)(H,29,30). The summed E-state index contributed by atoms with van der Waals surface area (Å²) in [6.07, 6.45) is 4.63. The van der Waals surface area contributed by atoms with Crippen LogP contribution >= 0.6 is 0 Å². The molecule has 0 radical (unpaired) electrons. The quantitative estimate of drug-likeness (QED) is 0.327. The molecular weight excluding hydrogens is 386 g/mol. The predicted octanol–water partition coefficient (Wildman–Crippen LogP) is 6.59. The zero-order valence-electron chi connectivity index (χ0n) is 17.9. The van der Waals surface area contributed by atoms with Crippen molar-refractivity contribution in [1.29, 1.82) is 0 Å². The van der Waals surface area contributed by atoms with Gasteiger partial charge in [-0.1, -0.05) is 56.5 Å². The Kier molecular flexibility index (Phi) is 8.23. The second-order valence-electron chi connectivity index (χ2n) is 7.43. The Bertz CT molecular complexity index is 985. The van der Waals surface area contributed by atoms with Gasteiger partial charge in [0.2, 0.25) is 5.91 Å². The Morgan fingerprint density at radius 1 is 0.677 bits per heavy atom. The summed E-state index contributed by atoms with van der Waals surface area (Å²) in [5, 5.41) is 9.10. The van der Waals surface area contributed by atoms with Crippen molar-refractivity contribution in [3.8, 4) is 0 Å². The molecule has 0 fully saturated rings. The van der Waals surface area contributed by atoms with Crippen molar-refractivity contribution in [2.75, 3.05) is 16.0 Å². The fourth-order valence-corrected chi connectivity index (χ4v) is 3.24. The number of unbranched alkanes of at least 4 members (excludes halogenated alkanes) is 3. The van der Waals surface area contributed by atoms with Crippen LogP contribution in [-0.2, 0) is 4.79 Å². The number of amides is 2. The molecule has 5 nitrogen and oxygen atoms in total. The Morgan fingerprint density at radius 3 is 2.06 bits per heavy atom. The molecular formula is C26H29N3O2. The van der Waals surface area contributed by atoms with Gasteiger partial charge in [0.1, 0.15) is 0 Å². The van der Waals surface area contributed by atoms with E-state index in [1.165, 1.54) is 0 Å². The maximum atomic E-state index is 12.8. The molecule has 0 saturated carbocycles. The molecule has 2 amide bonds. The van der Waals surface area contributed by atoms with Crippen LogP contribution in [0.3, 0.4) is 0 Å². The number of nitrogens with one attached hydrogen (secondary N) is 3. The monoisotopic (exact) mass is 415 g/mol. The van der Waals surface area contributed by atoms with Crippen molar-refractivity contribution < 1.29 is 9.59 Å². The molecule has 0 atom stereocenters. The van der Waals surface area contributed by atoms with Crippen molar-refractivity contribution in [2.24, 2.45) is 0 Å². The third kappa shape index (κ3) is 7.00. The van der Waals surface area contributed by atoms with Crippen molar-refractivity contribution >= 4 is 34.6 Å². The summed E-state index contributed by atoms with van der Waals surface area (Å²) in [6, 6.07) is 24.5. The van der Waals surface area contributed by atoms with Gasteiger partial charge in [-0.05, 0) is 55.0 Å². The number of benzene rings is 3. The molecule has 0 unspecified atom stereocenters. The highest BCUT2D eigenvalue weighted by Crippen LogP contribution is 2.21. The van der Waals surface area contributed by atoms with Gasteiger partial charge in [0, 0.05) is 23.5 Å². The highest BCUT2D eigenvalue weighted by molar-refractivity contribution is 6.10. The minimum atomic E-state index is -0.259. The predicted molar refractivity (Wildman–Crippen MR) is 128 cm³/mol. The van der Waals surface area contributed by atoms with E-state index in [0.717, 1.165) is 37.1 Å². The Hall–Kier alpha value is -3.60. The molecule has 0 spiro atoms. The number of carbonyl (C=O) groups is 2. The molecule has 0 saturated heterocycles. The average molecular weight is 416 g/mol. The first-order valence-corrected chi connectivity index (χ1v) is 10.8. The minimum Gasteiger partial charge on any atom is -0.356 e. The first kappa shape index (κ1) is 22.1. The number of rotatable bonds is 10. The van der Waals surface area contributed by atoms with Gasteiger partial charge in [0.15, 0.2) is 0 Å². The van der Waals surface area contributed by atoms with E-state index in [9.17, 15) is 9.59 Å². The summed E-state index contributed by atoms with van der Waals surface area (Å²) in [7, 11) is 0. The first-order chi connectivity index (χ1) is 15.2. The van der Waals surface area contributed by atoms with E-state index in [-0.39, 0.29) is 11.8 Å². The molecule has 3 aromatic rings. The molecule has 160 valence electrons. The van der Waals surface area contributed by atoms with Gasteiger partial charge in [0.25, 0.3) is 5.91 Å². The van der Waals surface area contributed by atoms with Crippen LogP contribution in [0.25, 0.3) is 0 Å². The summed E-state index contributed by atoms with van der Waals surface area (Å²) >= 11 is 0. The Labute approximate surface area is 183 Å². The van der Waals surface area contributed by atoms with Gasteiger partial charge < -0.3 is 16.0 Å². The van der Waals surface area contributed by atoms with Crippen LogP contribution in [0, 0.1) is 0 Å². The fourth-order valence-electron chi connectivity index (χ4n) is 3.24. The number of para-hydroxylation sites is 2. The lowest BCUT2D eigenvalue weighted by molar-refractivity contribution is -0.116. The van der Waals surface area contributed by atoms with E-state index >= 15 is 0 Å². The normalized spacial score (nSPS) is 10.4. The van der Waals surface area contributed by atoms with Crippen LogP contribution in [0.4, 0.5) is 22.7 Å². The zero-order chi connectivity index (χ0) is 21.9. The lowest BCUT2D eigenvalue weighted by Crippen LogP contribution is -2.18. The smallest absolute Gasteiger partial charge is 0.257 e. The molecule has 5 heteroatoms. The lowest BCUT2D eigenvalue weighted by atomic mass is 10.1. The Balaban J connectivity index is 1.59. The molecule has 3 N–H and O–H groups in total. The summed E-state index contributed by atoms with van der Waals surface area (Å²) in [6.45, 7) is 2.14. The van der Waals surface area contributed by atoms with Gasteiger partial charge in [-0.15, -0.1) is 0 Å². The maximum absolute atomic E-state index is 12.8. The van der Waals surface area contributed by atoms with Gasteiger partial charge in [-0.3, -0.25) is 9.59 Å². The number of anilines is 4. The van der Waals surface area contributed by atoms with Gasteiger partial charge in [0.05, 0.1) is 11.3 Å². The Morgan fingerprint density at radius 2 is 1.32 bits per heavy atom. The molecule has 0 bridgehead atoms. The highest BCUT2D eigenvalue weighted by atomic mass is 16.2. The van der Waals surface area contributed by atoms with Crippen LogP contribution in [-0.4, -0.2) is 11.8 Å². The topological polar surface area (TPSA) is 70.2 Å². The zero-order valence-corrected chi connectivity index (χ0v) is 17.9. The van der Waals surface area contributed by atoms with Crippen molar-refractivity contribution in [3.05, 3.63) is 84.4 Å². The van der Waals surface area contributed by atoms with Gasteiger partial charge >= 0.3 is 0 Å². The van der Waals surface area contributed by atoms with Crippen molar-refractivity contribution in [3.63, 3.8) is 0 Å². The molecule has 0 aromatic heterocycles. The summed E-state index contributed by atoms with van der Waals surface area (Å²) < 4.78 is 0. The largest absolute Gasteiger partial charge is 0.356 e. The van der Waals surface area contributed by atoms with Gasteiger partial charge in [-0.2, -0.15) is 0 Å². The van der Waals surface area contributed by atoms with E-state index in [1.54, 1.807) is 18.2 Å². The molecule has 31 heavy (non-hydrogen) atoms. The van der Waals surface area contributed by atoms with Crippen LogP contribution in [0.15, 0.2) is 78.9 Å². The highest BCUT2D eigenvalue weighted by Gasteiger charge is 2.13.